The molecule has 2 aromatic carbocycles. The fourth-order valence-electron chi connectivity index (χ4n) is 2.08. The van der Waals surface area contributed by atoms with Crippen LogP contribution >= 0.6 is 0 Å². The highest BCUT2D eigenvalue weighted by atomic mass is 16.5. The van der Waals surface area contributed by atoms with Crippen molar-refractivity contribution in [3.8, 4) is 11.5 Å². The molecule has 3 nitrogen and oxygen atoms in total. The topological polar surface area (TPSA) is 30.5 Å². The third kappa shape index (κ3) is 4.71. The van der Waals surface area contributed by atoms with E-state index in [1.54, 1.807) is 7.11 Å². The van der Waals surface area contributed by atoms with E-state index in [-0.39, 0.29) is 0 Å². The molecule has 0 bridgehead atoms. The molecule has 21 heavy (non-hydrogen) atoms. The van der Waals surface area contributed by atoms with E-state index >= 15 is 0 Å². The zero-order chi connectivity index (χ0) is 14.9. The smallest absolute Gasteiger partial charge is 0.123 e. The summed E-state index contributed by atoms with van der Waals surface area (Å²) in [5, 5.41) is 3.41. The van der Waals surface area contributed by atoms with Crippen LogP contribution in [0, 0.1) is 0 Å². The summed E-state index contributed by atoms with van der Waals surface area (Å²) < 4.78 is 11.1. The molecule has 0 saturated carbocycles. The van der Waals surface area contributed by atoms with Crippen LogP contribution in [-0.4, -0.2) is 13.7 Å². The van der Waals surface area contributed by atoms with Gasteiger partial charge in [0.2, 0.25) is 0 Å². The molecule has 0 aliphatic rings. The largest absolute Gasteiger partial charge is 0.496 e. The van der Waals surface area contributed by atoms with Gasteiger partial charge in [0, 0.05) is 23.9 Å². The fraction of sp³-hybridized carbons (Fsp3) is 0.333. The molecule has 0 heterocycles. The lowest BCUT2D eigenvalue weighted by Gasteiger charge is -2.12. The van der Waals surface area contributed by atoms with Crippen molar-refractivity contribution in [2.24, 2.45) is 0 Å². The first kappa shape index (κ1) is 15.2. The van der Waals surface area contributed by atoms with Gasteiger partial charge in [-0.3, -0.25) is 0 Å². The second-order valence-corrected chi connectivity index (χ2v) is 4.90. The zero-order valence-corrected chi connectivity index (χ0v) is 12.8. The van der Waals surface area contributed by atoms with Gasteiger partial charge in [-0.2, -0.15) is 0 Å². The lowest BCUT2D eigenvalue weighted by Crippen LogP contribution is -2.02. The van der Waals surface area contributed by atoms with Crippen molar-refractivity contribution >= 4 is 5.69 Å². The summed E-state index contributed by atoms with van der Waals surface area (Å²) in [5.74, 6) is 1.81. The Morgan fingerprint density at radius 3 is 2.71 bits per heavy atom. The molecule has 0 amide bonds. The molecule has 0 radical (unpaired) electrons. The molecule has 0 aliphatic carbocycles. The predicted octanol–water partition coefficient (Wildman–Crippen LogP) is 4.49. The van der Waals surface area contributed by atoms with E-state index < -0.39 is 0 Å². The summed E-state index contributed by atoms with van der Waals surface area (Å²) in [5.41, 5.74) is 2.19. The summed E-state index contributed by atoms with van der Waals surface area (Å²) in [6, 6.07) is 16.1. The average molecular weight is 285 g/mol. The van der Waals surface area contributed by atoms with Gasteiger partial charge in [-0.05, 0) is 24.6 Å². The molecular formula is C18H23NO2. The minimum absolute atomic E-state index is 0.725. The Bertz CT molecular complexity index is 554. The Morgan fingerprint density at radius 1 is 1.05 bits per heavy atom. The number of anilines is 1. The molecule has 0 saturated heterocycles. The quantitative estimate of drug-likeness (QED) is 0.725. The maximum atomic E-state index is 5.72. The number of benzene rings is 2. The number of unbranched alkanes of at least 4 members (excludes halogenated alkanes) is 1. The highest BCUT2D eigenvalue weighted by Crippen LogP contribution is 2.21. The number of para-hydroxylation sites is 1. The van der Waals surface area contributed by atoms with Crippen LogP contribution in [0.4, 0.5) is 5.69 Å². The third-order valence-electron chi connectivity index (χ3n) is 3.28. The average Bonchev–Trinajstić information content (AvgIpc) is 2.54. The number of rotatable bonds is 8. The minimum Gasteiger partial charge on any atom is -0.496 e. The molecule has 0 fully saturated rings. The van der Waals surface area contributed by atoms with Crippen molar-refractivity contribution in [3.63, 3.8) is 0 Å². The van der Waals surface area contributed by atoms with Gasteiger partial charge in [0.25, 0.3) is 0 Å². The summed E-state index contributed by atoms with van der Waals surface area (Å²) in [6.45, 7) is 3.66. The van der Waals surface area contributed by atoms with Crippen LogP contribution in [0.2, 0.25) is 0 Å². The van der Waals surface area contributed by atoms with E-state index in [2.05, 4.69) is 18.3 Å². The lowest BCUT2D eigenvalue weighted by atomic mass is 10.2. The summed E-state index contributed by atoms with van der Waals surface area (Å²) >= 11 is 0. The van der Waals surface area contributed by atoms with Crippen LogP contribution < -0.4 is 14.8 Å². The van der Waals surface area contributed by atoms with E-state index in [4.69, 9.17) is 9.47 Å². The third-order valence-corrected chi connectivity index (χ3v) is 3.28. The first-order chi connectivity index (χ1) is 10.3. The Labute approximate surface area is 126 Å². The van der Waals surface area contributed by atoms with E-state index in [1.807, 2.05) is 42.5 Å². The van der Waals surface area contributed by atoms with E-state index in [1.165, 1.54) is 0 Å². The van der Waals surface area contributed by atoms with Crippen molar-refractivity contribution in [1.82, 2.24) is 0 Å². The fourth-order valence-corrected chi connectivity index (χ4v) is 2.08. The lowest BCUT2D eigenvalue weighted by molar-refractivity contribution is 0.309. The molecule has 2 aromatic rings. The standard InChI is InChI=1S/C18H23NO2/c1-3-4-12-21-17-10-7-9-16(13-17)19-14-15-8-5-6-11-18(15)20-2/h5-11,13,19H,3-4,12,14H2,1-2H3. The van der Waals surface area contributed by atoms with Gasteiger partial charge < -0.3 is 14.8 Å². The Balaban J connectivity index is 1.95. The van der Waals surface area contributed by atoms with E-state index in [0.29, 0.717) is 0 Å². The summed E-state index contributed by atoms with van der Waals surface area (Å²) in [4.78, 5) is 0. The molecule has 112 valence electrons. The summed E-state index contributed by atoms with van der Waals surface area (Å²) in [7, 11) is 1.70. The van der Waals surface area contributed by atoms with Crippen molar-refractivity contribution in [2.75, 3.05) is 19.0 Å². The van der Waals surface area contributed by atoms with Crippen LogP contribution in [0.15, 0.2) is 48.5 Å². The van der Waals surface area contributed by atoms with Gasteiger partial charge in [0.15, 0.2) is 0 Å². The van der Waals surface area contributed by atoms with Gasteiger partial charge in [0.05, 0.1) is 13.7 Å². The van der Waals surface area contributed by atoms with Crippen molar-refractivity contribution in [2.45, 2.75) is 26.3 Å². The minimum atomic E-state index is 0.725. The van der Waals surface area contributed by atoms with E-state index in [9.17, 15) is 0 Å². The van der Waals surface area contributed by atoms with Gasteiger partial charge >= 0.3 is 0 Å². The Hall–Kier alpha value is -2.16. The molecule has 0 atom stereocenters. The summed E-state index contributed by atoms with van der Waals surface area (Å²) in [6.07, 6.45) is 2.23. The maximum absolute atomic E-state index is 5.72. The van der Waals surface area contributed by atoms with Crippen LogP contribution in [0.1, 0.15) is 25.3 Å². The van der Waals surface area contributed by atoms with Gasteiger partial charge in [-0.25, -0.2) is 0 Å². The SMILES string of the molecule is CCCCOc1cccc(NCc2ccccc2OC)c1. The van der Waals surface area contributed by atoms with Gasteiger partial charge in [-0.15, -0.1) is 0 Å². The zero-order valence-electron chi connectivity index (χ0n) is 12.8. The Kier molecular flexibility index (Phi) is 5.95. The number of ether oxygens (including phenoxy) is 2. The second-order valence-electron chi connectivity index (χ2n) is 4.90. The molecule has 0 aliphatic heterocycles. The molecule has 0 spiro atoms. The highest BCUT2D eigenvalue weighted by molar-refractivity contribution is 5.49. The molecule has 1 N–H and O–H groups in total. The number of hydrogen-bond donors (Lipinski definition) is 1. The number of methoxy groups -OCH3 is 1. The molecule has 2 rings (SSSR count). The van der Waals surface area contributed by atoms with Crippen molar-refractivity contribution in [1.29, 1.82) is 0 Å². The van der Waals surface area contributed by atoms with Crippen LogP contribution in [-0.2, 0) is 6.54 Å². The van der Waals surface area contributed by atoms with Crippen LogP contribution in [0.3, 0.4) is 0 Å². The Morgan fingerprint density at radius 2 is 1.90 bits per heavy atom. The van der Waals surface area contributed by atoms with Gasteiger partial charge in [-0.1, -0.05) is 37.6 Å². The first-order valence-corrected chi connectivity index (χ1v) is 7.42. The number of hydrogen-bond acceptors (Lipinski definition) is 3. The highest BCUT2D eigenvalue weighted by Gasteiger charge is 2.02. The normalized spacial score (nSPS) is 10.2. The second kappa shape index (κ2) is 8.20. The monoisotopic (exact) mass is 285 g/mol. The van der Waals surface area contributed by atoms with Crippen molar-refractivity contribution < 1.29 is 9.47 Å². The van der Waals surface area contributed by atoms with E-state index in [0.717, 1.165) is 48.7 Å². The van der Waals surface area contributed by atoms with Gasteiger partial charge in [0.1, 0.15) is 11.5 Å². The molecule has 0 aromatic heterocycles. The molecular weight excluding hydrogens is 262 g/mol. The van der Waals surface area contributed by atoms with Crippen molar-refractivity contribution in [3.05, 3.63) is 54.1 Å². The predicted molar refractivity (Wildman–Crippen MR) is 87.2 cm³/mol. The first-order valence-electron chi connectivity index (χ1n) is 7.42. The van der Waals surface area contributed by atoms with Crippen LogP contribution in [0.5, 0.6) is 11.5 Å². The molecule has 0 unspecified atom stereocenters. The number of nitrogens with one attached hydrogen (secondary N) is 1. The maximum Gasteiger partial charge on any atom is 0.123 e. The molecule has 3 heteroatoms. The van der Waals surface area contributed by atoms with Crippen LogP contribution in [0.25, 0.3) is 0 Å².